The number of carboxylic acid groups (broad SMARTS) is 2. The number of carboxylic acids is 2. The summed E-state index contributed by atoms with van der Waals surface area (Å²) < 4.78 is 0. The number of aromatic carboxylic acids is 2. The van der Waals surface area contributed by atoms with Crippen molar-refractivity contribution in [2.75, 3.05) is 0 Å². The Morgan fingerprint density at radius 3 is 2.19 bits per heavy atom. The molecule has 21 heavy (non-hydrogen) atoms. The Bertz CT molecular complexity index is 924. The Balaban J connectivity index is 2.47. The first-order chi connectivity index (χ1) is 9.97. The van der Waals surface area contributed by atoms with Gasteiger partial charge in [-0.25, -0.2) is 19.6 Å². The maximum absolute atomic E-state index is 11.1. The van der Waals surface area contributed by atoms with Crippen molar-refractivity contribution >= 4 is 45.3 Å². The predicted molar refractivity (Wildman–Crippen MR) is 76.0 cm³/mol. The molecule has 2 aromatic heterocycles. The van der Waals surface area contributed by atoms with E-state index in [2.05, 4.69) is 9.97 Å². The second-order valence-electron chi connectivity index (χ2n) is 4.33. The van der Waals surface area contributed by atoms with Gasteiger partial charge in [-0.05, 0) is 12.1 Å². The molecule has 0 fully saturated rings. The van der Waals surface area contributed by atoms with Crippen LogP contribution in [0.15, 0.2) is 30.3 Å². The third kappa shape index (κ3) is 2.15. The molecular weight excluding hydrogens is 296 g/mol. The lowest BCUT2D eigenvalue weighted by atomic mass is 10.1. The van der Waals surface area contributed by atoms with Gasteiger partial charge in [-0.15, -0.1) is 0 Å². The number of pyridine rings is 2. The van der Waals surface area contributed by atoms with Crippen LogP contribution in [0.5, 0.6) is 0 Å². The van der Waals surface area contributed by atoms with E-state index in [1.807, 2.05) is 0 Å². The Hall–Kier alpha value is -2.73. The summed E-state index contributed by atoms with van der Waals surface area (Å²) in [4.78, 5) is 30.1. The van der Waals surface area contributed by atoms with Crippen molar-refractivity contribution in [3.8, 4) is 0 Å². The number of aromatic nitrogens is 2. The minimum Gasteiger partial charge on any atom is -0.477 e. The van der Waals surface area contributed by atoms with Crippen LogP contribution in [0, 0.1) is 0 Å². The molecule has 2 heterocycles. The minimum absolute atomic E-state index is 0.145. The fourth-order valence-electron chi connectivity index (χ4n) is 2.06. The number of nitrogens with zero attached hydrogens (tertiary/aromatic N) is 2. The van der Waals surface area contributed by atoms with Crippen LogP contribution in [0.1, 0.15) is 21.0 Å². The van der Waals surface area contributed by atoms with Crippen LogP contribution < -0.4 is 0 Å². The number of benzene rings is 1. The van der Waals surface area contributed by atoms with Crippen molar-refractivity contribution in [2.45, 2.75) is 0 Å². The van der Waals surface area contributed by atoms with Crippen LogP contribution in [0.3, 0.4) is 0 Å². The second kappa shape index (κ2) is 4.68. The van der Waals surface area contributed by atoms with Crippen LogP contribution >= 0.6 is 11.6 Å². The topological polar surface area (TPSA) is 100 Å². The van der Waals surface area contributed by atoms with Crippen LogP contribution in [0.2, 0.25) is 5.02 Å². The van der Waals surface area contributed by atoms with Gasteiger partial charge >= 0.3 is 11.9 Å². The van der Waals surface area contributed by atoms with E-state index >= 15 is 0 Å². The summed E-state index contributed by atoms with van der Waals surface area (Å²) in [6.07, 6.45) is 0. The third-order valence-electron chi connectivity index (χ3n) is 3.03. The molecule has 0 saturated carbocycles. The summed E-state index contributed by atoms with van der Waals surface area (Å²) in [6, 6.07) is 7.64. The lowest BCUT2D eigenvalue weighted by molar-refractivity contribution is 0.0680. The number of carbonyl (C=O) groups is 2. The van der Waals surface area contributed by atoms with Gasteiger partial charge in [0, 0.05) is 10.8 Å². The Morgan fingerprint density at radius 2 is 1.52 bits per heavy atom. The van der Waals surface area contributed by atoms with Gasteiger partial charge in [-0.2, -0.15) is 0 Å². The molecule has 0 atom stereocenters. The smallest absolute Gasteiger partial charge is 0.354 e. The van der Waals surface area contributed by atoms with E-state index in [0.29, 0.717) is 16.3 Å². The molecule has 0 bridgehead atoms. The van der Waals surface area contributed by atoms with Gasteiger partial charge in [0.05, 0.1) is 16.1 Å². The molecule has 0 unspecified atom stereocenters. The van der Waals surface area contributed by atoms with Crippen LogP contribution in [0.25, 0.3) is 21.8 Å². The second-order valence-corrected chi connectivity index (χ2v) is 4.74. The highest BCUT2D eigenvalue weighted by molar-refractivity contribution is 6.36. The first-order valence-corrected chi connectivity index (χ1v) is 6.22. The Morgan fingerprint density at radius 1 is 0.905 bits per heavy atom. The molecule has 0 radical (unpaired) electrons. The Labute approximate surface area is 122 Å². The monoisotopic (exact) mass is 302 g/mol. The summed E-state index contributed by atoms with van der Waals surface area (Å²) >= 11 is 6.06. The van der Waals surface area contributed by atoms with E-state index in [1.165, 1.54) is 12.1 Å². The number of fused-ring (bicyclic) bond motifs is 3. The SMILES string of the molecule is O=C(O)c1ccc2ccc3c(Cl)cc(C(=O)O)nc3c2n1. The average molecular weight is 303 g/mol. The van der Waals surface area contributed by atoms with E-state index in [0.717, 1.165) is 0 Å². The zero-order valence-electron chi connectivity index (χ0n) is 10.4. The molecule has 3 aromatic rings. The number of hydrogen-bond acceptors (Lipinski definition) is 4. The van der Waals surface area contributed by atoms with Gasteiger partial charge in [0.1, 0.15) is 11.4 Å². The van der Waals surface area contributed by atoms with Crippen molar-refractivity contribution in [2.24, 2.45) is 0 Å². The molecular formula is C14H7ClN2O4. The van der Waals surface area contributed by atoms with E-state index in [-0.39, 0.29) is 21.9 Å². The van der Waals surface area contributed by atoms with Gasteiger partial charge in [-0.1, -0.05) is 29.8 Å². The van der Waals surface area contributed by atoms with Gasteiger partial charge in [-0.3, -0.25) is 0 Å². The van der Waals surface area contributed by atoms with Crippen molar-refractivity contribution in [1.82, 2.24) is 9.97 Å². The van der Waals surface area contributed by atoms with E-state index in [1.54, 1.807) is 18.2 Å². The largest absolute Gasteiger partial charge is 0.477 e. The molecule has 0 aliphatic carbocycles. The molecule has 0 saturated heterocycles. The maximum atomic E-state index is 11.1. The van der Waals surface area contributed by atoms with Crippen molar-refractivity contribution in [3.63, 3.8) is 0 Å². The molecule has 6 nitrogen and oxygen atoms in total. The summed E-state index contributed by atoms with van der Waals surface area (Å²) in [6.45, 7) is 0. The zero-order chi connectivity index (χ0) is 15.1. The van der Waals surface area contributed by atoms with E-state index in [9.17, 15) is 9.59 Å². The van der Waals surface area contributed by atoms with Crippen molar-refractivity contribution < 1.29 is 19.8 Å². The number of halogens is 1. The summed E-state index contributed by atoms with van der Waals surface area (Å²) in [7, 11) is 0. The first-order valence-electron chi connectivity index (χ1n) is 5.84. The summed E-state index contributed by atoms with van der Waals surface area (Å²) in [5, 5.41) is 19.5. The van der Waals surface area contributed by atoms with Gasteiger partial charge in [0.25, 0.3) is 0 Å². The maximum Gasteiger partial charge on any atom is 0.354 e. The molecule has 0 spiro atoms. The summed E-state index contributed by atoms with van der Waals surface area (Å²) in [5.74, 6) is -2.39. The highest BCUT2D eigenvalue weighted by atomic mass is 35.5. The molecule has 1 aromatic carbocycles. The van der Waals surface area contributed by atoms with Crippen molar-refractivity contribution in [3.05, 3.63) is 46.7 Å². The molecule has 3 rings (SSSR count). The zero-order valence-corrected chi connectivity index (χ0v) is 11.1. The van der Waals surface area contributed by atoms with Crippen molar-refractivity contribution in [1.29, 1.82) is 0 Å². The predicted octanol–water partition coefficient (Wildman–Crippen LogP) is 2.83. The highest BCUT2D eigenvalue weighted by Gasteiger charge is 2.14. The first kappa shape index (κ1) is 13.3. The fraction of sp³-hybridized carbons (Fsp3) is 0. The number of rotatable bonds is 2. The quantitative estimate of drug-likeness (QED) is 0.706. The molecule has 0 amide bonds. The summed E-state index contributed by atoms with van der Waals surface area (Å²) in [5.41, 5.74) is 0.203. The van der Waals surface area contributed by atoms with Crippen LogP contribution in [0.4, 0.5) is 0 Å². The molecule has 2 N–H and O–H groups in total. The average Bonchev–Trinajstić information content (AvgIpc) is 2.46. The highest BCUT2D eigenvalue weighted by Crippen LogP contribution is 2.28. The standard InChI is InChI=1S/C14H7ClN2O4/c15-8-5-10(14(20)21)17-12-7(8)3-1-6-2-4-9(13(18)19)16-11(6)12/h1-5H,(H,18,19)(H,20,21). The minimum atomic E-state index is -1.22. The molecule has 7 heteroatoms. The lowest BCUT2D eigenvalue weighted by Crippen LogP contribution is -2.03. The van der Waals surface area contributed by atoms with E-state index in [4.69, 9.17) is 21.8 Å². The van der Waals surface area contributed by atoms with Gasteiger partial charge in [0.2, 0.25) is 0 Å². The number of hydrogen-bond donors (Lipinski definition) is 2. The van der Waals surface area contributed by atoms with Gasteiger partial charge in [0.15, 0.2) is 0 Å². The van der Waals surface area contributed by atoms with Gasteiger partial charge < -0.3 is 10.2 Å². The molecule has 0 aliphatic heterocycles. The molecule has 104 valence electrons. The lowest BCUT2D eigenvalue weighted by Gasteiger charge is -2.06. The fourth-order valence-corrected chi connectivity index (χ4v) is 2.31. The van der Waals surface area contributed by atoms with Crippen LogP contribution in [-0.2, 0) is 0 Å². The van der Waals surface area contributed by atoms with E-state index < -0.39 is 11.9 Å². The third-order valence-corrected chi connectivity index (χ3v) is 3.34. The normalized spacial score (nSPS) is 10.9. The molecule has 0 aliphatic rings. The Kier molecular flexibility index (Phi) is 2.95. The van der Waals surface area contributed by atoms with Crippen LogP contribution in [-0.4, -0.2) is 32.1 Å².